The molecule has 26 heavy (non-hydrogen) atoms. The average molecular weight is 355 g/mol. The molecule has 0 saturated heterocycles. The molecule has 1 N–H and O–H groups in total. The van der Waals surface area contributed by atoms with Gasteiger partial charge >= 0.3 is 0 Å². The van der Waals surface area contributed by atoms with E-state index in [2.05, 4.69) is 10.3 Å². The van der Waals surface area contributed by atoms with E-state index in [9.17, 15) is 9.59 Å². The Morgan fingerprint density at radius 3 is 2.81 bits per heavy atom. The Kier molecular flexibility index (Phi) is 4.60. The van der Waals surface area contributed by atoms with Gasteiger partial charge in [-0.3, -0.25) is 14.2 Å². The Hall–Kier alpha value is -2.83. The second-order valence-corrected chi connectivity index (χ2v) is 6.65. The summed E-state index contributed by atoms with van der Waals surface area (Å²) in [6.45, 7) is 0.901. The lowest BCUT2D eigenvalue weighted by molar-refractivity contribution is 0.0951. The number of aromatic nitrogens is 2. The van der Waals surface area contributed by atoms with Crippen LogP contribution in [0, 0.1) is 0 Å². The maximum Gasteiger partial charge on any atom is 0.253 e. The first-order valence-electron chi connectivity index (χ1n) is 8.95. The fraction of sp³-hybridized carbons (Fsp3) is 0.421. The van der Waals surface area contributed by atoms with Crippen LogP contribution >= 0.6 is 0 Å². The van der Waals surface area contributed by atoms with Crippen molar-refractivity contribution in [2.24, 2.45) is 0 Å². The van der Waals surface area contributed by atoms with Gasteiger partial charge in [0.15, 0.2) is 11.5 Å². The van der Waals surface area contributed by atoms with Gasteiger partial charge in [0.05, 0.1) is 12.0 Å². The third-order valence-corrected chi connectivity index (χ3v) is 4.95. The first-order valence-corrected chi connectivity index (χ1v) is 8.95. The lowest BCUT2D eigenvalue weighted by Gasteiger charge is -2.11. The quantitative estimate of drug-likeness (QED) is 0.888. The zero-order chi connectivity index (χ0) is 17.9. The minimum atomic E-state index is -0.216. The highest BCUT2D eigenvalue weighted by molar-refractivity contribution is 5.94. The number of ether oxygens (including phenoxy) is 2. The van der Waals surface area contributed by atoms with Crippen molar-refractivity contribution >= 4 is 5.91 Å². The Balaban J connectivity index is 1.34. The van der Waals surface area contributed by atoms with E-state index < -0.39 is 0 Å². The van der Waals surface area contributed by atoms with Crippen LogP contribution in [-0.2, 0) is 6.54 Å². The highest BCUT2D eigenvalue weighted by Crippen LogP contribution is 2.33. The van der Waals surface area contributed by atoms with Crippen molar-refractivity contribution in [2.45, 2.75) is 38.1 Å². The number of nitrogens with one attached hydrogen (secondary N) is 1. The number of fused-ring (bicyclic) bond motifs is 1. The SMILES string of the molecule is O=C(NCCn1cnc(C2CCCC2)cc1=O)c1ccc2c(c1)OCO2. The van der Waals surface area contributed by atoms with Crippen LogP contribution in [0.1, 0.15) is 47.7 Å². The normalized spacial score (nSPS) is 16.0. The first-order chi connectivity index (χ1) is 12.7. The van der Waals surface area contributed by atoms with Crippen LogP contribution in [0.15, 0.2) is 35.4 Å². The van der Waals surface area contributed by atoms with Crippen LogP contribution in [0.25, 0.3) is 0 Å². The summed E-state index contributed by atoms with van der Waals surface area (Å²) < 4.78 is 12.0. The number of benzene rings is 1. The zero-order valence-electron chi connectivity index (χ0n) is 14.4. The minimum Gasteiger partial charge on any atom is -0.454 e. The Labute approximate surface area is 151 Å². The van der Waals surface area contributed by atoms with E-state index in [1.807, 2.05) is 0 Å². The minimum absolute atomic E-state index is 0.0702. The molecule has 7 nitrogen and oxygen atoms in total. The van der Waals surface area contributed by atoms with Gasteiger partial charge in [0.1, 0.15) is 0 Å². The molecule has 136 valence electrons. The Morgan fingerprint density at radius 2 is 2.00 bits per heavy atom. The first kappa shape index (κ1) is 16.6. The summed E-state index contributed by atoms with van der Waals surface area (Å²) in [4.78, 5) is 28.9. The van der Waals surface area contributed by atoms with E-state index in [0.29, 0.717) is 36.1 Å². The zero-order valence-corrected chi connectivity index (χ0v) is 14.4. The number of hydrogen-bond acceptors (Lipinski definition) is 5. The summed E-state index contributed by atoms with van der Waals surface area (Å²) in [5.41, 5.74) is 1.32. The van der Waals surface area contributed by atoms with Gasteiger partial charge in [-0.25, -0.2) is 4.98 Å². The maximum atomic E-state index is 12.3. The second kappa shape index (κ2) is 7.19. The second-order valence-electron chi connectivity index (χ2n) is 6.65. The van der Waals surface area contributed by atoms with E-state index >= 15 is 0 Å². The molecule has 0 bridgehead atoms. The van der Waals surface area contributed by atoms with Crippen LogP contribution in [0.4, 0.5) is 0 Å². The van der Waals surface area contributed by atoms with Crippen LogP contribution in [0.5, 0.6) is 11.5 Å². The highest BCUT2D eigenvalue weighted by atomic mass is 16.7. The summed E-state index contributed by atoms with van der Waals surface area (Å²) in [6.07, 6.45) is 6.23. The maximum absolute atomic E-state index is 12.3. The van der Waals surface area contributed by atoms with Gasteiger partial charge in [-0.15, -0.1) is 0 Å². The summed E-state index contributed by atoms with van der Waals surface area (Å²) in [6, 6.07) is 6.69. The molecule has 0 atom stereocenters. The molecule has 0 unspecified atom stereocenters. The van der Waals surface area contributed by atoms with Crippen molar-refractivity contribution < 1.29 is 14.3 Å². The van der Waals surface area contributed by atoms with Crippen molar-refractivity contribution in [3.05, 3.63) is 52.2 Å². The van der Waals surface area contributed by atoms with Gasteiger partial charge < -0.3 is 14.8 Å². The molecule has 7 heteroatoms. The lowest BCUT2D eigenvalue weighted by Crippen LogP contribution is -2.31. The third-order valence-electron chi connectivity index (χ3n) is 4.95. The molecule has 0 radical (unpaired) electrons. The highest BCUT2D eigenvalue weighted by Gasteiger charge is 2.19. The van der Waals surface area contributed by atoms with Crippen molar-refractivity contribution in [3.63, 3.8) is 0 Å². The van der Waals surface area contributed by atoms with E-state index in [1.165, 1.54) is 17.4 Å². The molecule has 1 aliphatic carbocycles. The van der Waals surface area contributed by atoms with Crippen LogP contribution in [0.2, 0.25) is 0 Å². The van der Waals surface area contributed by atoms with Crippen molar-refractivity contribution in [1.82, 2.24) is 14.9 Å². The molecule has 0 spiro atoms. The topological polar surface area (TPSA) is 82.5 Å². The number of amides is 1. The van der Waals surface area contributed by atoms with Gasteiger partial charge in [0.2, 0.25) is 6.79 Å². The molecule has 1 saturated carbocycles. The molecule has 4 rings (SSSR count). The van der Waals surface area contributed by atoms with Crippen LogP contribution in [0.3, 0.4) is 0 Å². The summed E-state index contributed by atoms with van der Waals surface area (Å²) in [5.74, 6) is 1.41. The predicted molar refractivity (Wildman–Crippen MR) is 94.6 cm³/mol. The fourth-order valence-electron chi connectivity index (χ4n) is 3.48. The van der Waals surface area contributed by atoms with Crippen LogP contribution < -0.4 is 20.3 Å². The molecule has 1 fully saturated rings. The fourth-order valence-corrected chi connectivity index (χ4v) is 3.48. The number of carbonyl (C=O) groups excluding carboxylic acids is 1. The number of carbonyl (C=O) groups is 1. The van der Waals surface area contributed by atoms with E-state index in [-0.39, 0.29) is 18.3 Å². The van der Waals surface area contributed by atoms with Gasteiger partial charge in [-0.05, 0) is 31.0 Å². The van der Waals surface area contributed by atoms with Gasteiger partial charge in [0.25, 0.3) is 11.5 Å². The molecule has 2 aliphatic rings. The van der Waals surface area contributed by atoms with Gasteiger partial charge in [0, 0.05) is 30.6 Å². The monoisotopic (exact) mass is 355 g/mol. The average Bonchev–Trinajstić information content (AvgIpc) is 3.34. The smallest absolute Gasteiger partial charge is 0.253 e. The molecule has 2 aromatic rings. The molecule has 1 amide bonds. The number of rotatable bonds is 5. The molecule has 2 heterocycles. The predicted octanol–water partition coefficient (Wildman–Crippen LogP) is 2.06. The Bertz CT molecular complexity index is 871. The van der Waals surface area contributed by atoms with Crippen LogP contribution in [-0.4, -0.2) is 28.8 Å². The lowest BCUT2D eigenvalue weighted by atomic mass is 10.0. The molecule has 1 aromatic heterocycles. The molecule has 1 aliphatic heterocycles. The van der Waals surface area contributed by atoms with Crippen molar-refractivity contribution in [2.75, 3.05) is 13.3 Å². The number of nitrogens with zero attached hydrogens (tertiary/aromatic N) is 2. The standard InChI is InChI=1S/C19H21N3O4/c23-18-10-15(13-3-1-2-4-13)21-11-22(18)8-7-20-19(24)14-5-6-16-17(9-14)26-12-25-16/h5-6,9-11,13H,1-4,7-8,12H2,(H,20,24). The van der Waals surface area contributed by atoms with E-state index in [0.717, 1.165) is 18.5 Å². The summed E-state index contributed by atoms with van der Waals surface area (Å²) in [7, 11) is 0. The summed E-state index contributed by atoms with van der Waals surface area (Å²) >= 11 is 0. The molecular formula is C19H21N3O4. The largest absolute Gasteiger partial charge is 0.454 e. The van der Waals surface area contributed by atoms with E-state index in [1.54, 1.807) is 30.6 Å². The number of hydrogen-bond donors (Lipinski definition) is 1. The molecule has 1 aromatic carbocycles. The van der Waals surface area contributed by atoms with Crippen molar-refractivity contribution in [1.29, 1.82) is 0 Å². The van der Waals surface area contributed by atoms with Gasteiger partial charge in [-0.1, -0.05) is 12.8 Å². The molecular weight excluding hydrogens is 334 g/mol. The van der Waals surface area contributed by atoms with E-state index in [4.69, 9.17) is 9.47 Å². The summed E-state index contributed by atoms with van der Waals surface area (Å²) in [5, 5.41) is 2.81. The van der Waals surface area contributed by atoms with Crippen molar-refractivity contribution in [3.8, 4) is 11.5 Å². The third kappa shape index (κ3) is 3.42. The Morgan fingerprint density at radius 1 is 1.19 bits per heavy atom. The van der Waals surface area contributed by atoms with Gasteiger partial charge in [-0.2, -0.15) is 0 Å².